The van der Waals surface area contributed by atoms with Crippen LogP contribution in [0, 0.1) is 5.41 Å². The third kappa shape index (κ3) is 1.45. The van der Waals surface area contributed by atoms with Crippen molar-refractivity contribution in [3.05, 3.63) is 35.9 Å². The van der Waals surface area contributed by atoms with Gasteiger partial charge >= 0.3 is 0 Å². The molecule has 1 fully saturated rings. The maximum atomic E-state index is 11.3. The van der Waals surface area contributed by atoms with E-state index in [4.69, 9.17) is 10.1 Å². The molecule has 1 aliphatic rings. The highest BCUT2D eigenvalue weighted by molar-refractivity contribution is 6.04. The molecule has 0 spiro atoms. The number of ether oxygens (including phenoxy) is 1. The molecule has 0 aromatic heterocycles. The maximum Gasteiger partial charge on any atom is 0.189 e. The van der Waals surface area contributed by atoms with Crippen LogP contribution < -0.4 is 0 Å². The summed E-state index contributed by atoms with van der Waals surface area (Å²) in [5.41, 5.74) is 0.828. The number of rotatable bonds is 1. The summed E-state index contributed by atoms with van der Waals surface area (Å²) < 4.78 is 5.09. The molecule has 1 N–H and O–H groups in total. The number of Topliss-reactive ketones (excluding diaryl/α,β-unsaturated/α-hetero) is 1. The SMILES string of the molecule is N=C1CC(=O)C(c2ccccc2)O1. The molecule has 1 heterocycles. The van der Waals surface area contributed by atoms with Gasteiger partial charge in [-0.1, -0.05) is 30.3 Å². The van der Waals surface area contributed by atoms with Gasteiger partial charge in [-0.25, -0.2) is 0 Å². The van der Waals surface area contributed by atoms with Crippen LogP contribution in [-0.4, -0.2) is 11.7 Å². The van der Waals surface area contributed by atoms with Crippen molar-refractivity contribution < 1.29 is 9.53 Å². The fraction of sp³-hybridized carbons (Fsp3) is 0.200. The zero-order valence-electron chi connectivity index (χ0n) is 6.99. The van der Waals surface area contributed by atoms with E-state index in [2.05, 4.69) is 0 Å². The Bertz CT molecular complexity index is 345. The number of ketones is 1. The highest BCUT2D eigenvalue weighted by Gasteiger charge is 2.31. The van der Waals surface area contributed by atoms with Crippen molar-refractivity contribution in [2.45, 2.75) is 12.5 Å². The smallest absolute Gasteiger partial charge is 0.189 e. The van der Waals surface area contributed by atoms with Crippen molar-refractivity contribution in [1.82, 2.24) is 0 Å². The zero-order chi connectivity index (χ0) is 9.26. The van der Waals surface area contributed by atoms with Crippen molar-refractivity contribution in [2.24, 2.45) is 0 Å². The first-order valence-electron chi connectivity index (χ1n) is 4.09. The number of nitrogens with one attached hydrogen (secondary N) is 1. The average molecular weight is 175 g/mol. The highest BCUT2D eigenvalue weighted by Crippen LogP contribution is 2.25. The Morgan fingerprint density at radius 3 is 2.54 bits per heavy atom. The van der Waals surface area contributed by atoms with E-state index < -0.39 is 6.10 Å². The third-order valence-electron chi connectivity index (χ3n) is 1.99. The Kier molecular flexibility index (Phi) is 1.85. The standard InChI is InChI=1S/C10H9NO2/c11-9-6-8(12)10(13-9)7-4-2-1-3-5-7/h1-5,10-11H,6H2. The Hall–Kier alpha value is -1.64. The van der Waals surface area contributed by atoms with Crippen molar-refractivity contribution in [2.75, 3.05) is 0 Å². The minimum absolute atomic E-state index is 0.0313. The molecule has 1 saturated heterocycles. The molecule has 13 heavy (non-hydrogen) atoms. The van der Waals surface area contributed by atoms with Crippen molar-refractivity contribution in [3.8, 4) is 0 Å². The van der Waals surface area contributed by atoms with E-state index in [1.165, 1.54) is 0 Å². The summed E-state index contributed by atoms with van der Waals surface area (Å²) in [5.74, 6) is 0.0371. The lowest BCUT2D eigenvalue weighted by Gasteiger charge is -2.07. The van der Waals surface area contributed by atoms with E-state index in [0.29, 0.717) is 0 Å². The van der Waals surface area contributed by atoms with Crippen LogP contribution in [0.5, 0.6) is 0 Å². The normalized spacial score (nSPS) is 21.7. The summed E-state index contributed by atoms with van der Waals surface area (Å²) in [6.07, 6.45) is -0.423. The number of benzene rings is 1. The molecule has 0 bridgehead atoms. The van der Waals surface area contributed by atoms with Crippen LogP contribution in [0.1, 0.15) is 18.1 Å². The molecule has 3 heteroatoms. The molecular weight excluding hydrogens is 166 g/mol. The van der Waals surface area contributed by atoms with Crippen molar-refractivity contribution in [1.29, 1.82) is 5.41 Å². The van der Waals surface area contributed by atoms with Crippen LogP contribution in [0.2, 0.25) is 0 Å². The molecule has 0 amide bonds. The summed E-state index contributed by atoms with van der Waals surface area (Å²) >= 11 is 0. The molecule has 0 radical (unpaired) electrons. The lowest BCUT2D eigenvalue weighted by molar-refractivity contribution is -0.122. The second kappa shape index (κ2) is 3.01. The van der Waals surface area contributed by atoms with Gasteiger partial charge in [0.15, 0.2) is 17.8 Å². The van der Waals surface area contributed by atoms with Gasteiger partial charge in [-0.3, -0.25) is 10.2 Å². The lowest BCUT2D eigenvalue weighted by atomic mass is 10.1. The van der Waals surface area contributed by atoms with Crippen molar-refractivity contribution >= 4 is 11.7 Å². The van der Waals surface area contributed by atoms with Gasteiger partial charge in [-0.05, 0) is 5.56 Å². The van der Waals surface area contributed by atoms with Crippen LogP contribution in [0.3, 0.4) is 0 Å². The number of hydrogen-bond donors (Lipinski definition) is 1. The molecule has 0 aliphatic carbocycles. The van der Waals surface area contributed by atoms with Gasteiger partial charge in [0, 0.05) is 0 Å². The first kappa shape index (κ1) is 7.98. The molecule has 1 aliphatic heterocycles. The van der Waals surface area contributed by atoms with Gasteiger partial charge in [0.25, 0.3) is 0 Å². The molecular formula is C10H9NO2. The second-order valence-electron chi connectivity index (χ2n) is 2.97. The molecule has 66 valence electrons. The van der Waals surface area contributed by atoms with E-state index >= 15 is 0 Å². The van der Waals surface area contributed by atoms with Gasteiger partial charge in [0.2, 0.25) is 0 Å². The number of carbonyl (C=O) groups excluding carboxylic acids is 1. The van der Waals surface area contributed by atoms with Crippen LogP contribution in [0.25, 0.3) is 0 Å². The lowest BCUT2D eigenvalue weighted by Crippen LogP contribution is -2.05. The highest BCUT2D eigenvalue weighted by atomic mass is 16.5. The van der Waals surface area contributed by atoms with Gasteiger partial charge in [-0.2, -0.15) is 0 Å². The molecule has 1 aromatic rings. The van der Waals surface area contributed by atoms with E-state index in [1.54, 1.807) is 0 Å². The summed E-state index contributed by atoms with van der Waals surface area (Å²) in [4.78, 5) is 11.3. The van der Waals surface area contributed by atoms with E-state index in [-0.39, 0.29) is 18.1 Å². The Balaban J connectivity index is 2.28. The predicted molar refractivity (Wildman–Crippen MR) is 47.6 cm³/mol. The van der Waals surface area contributed by atoms with E-state index in [0.717, 1.165) is 5.56 Å². The first-order chi connectivity index (χ1) is 6.27. The van der Waals surface area contributed by atoms with Crippen LogP contribution in [0.15, 0.2) is 30.3 Å². The van der Waals surface area contributed by atoms with Gasteiger partial charge in [0.05, 0.1) is 6.42 Å². The van der Waals surface area contributed by atoms with E-state index in [1.807, 2.05) is 30.3 Å². The maximum absolute atomic E-state index is 11.3. The third-order valence-corrected chi connectivity index (χ3v) is 1.99. The molecule has 1 atom stereocenters. The van der Waals surface area contributed by atoms with Crippen LogP contribution >= 0.6 is 0 Å². The topological polar surface area (TPSA) is 50.2 Å². The van der Waals surface area contributed by atoms with Gasteiger partial charge in [-0.15, -0.1) is 0 Å². The average Bonchev–Trinajstić information content (AvgIpc) is 2.47. The minimum Gasteiger partial charge on any atom is -0.465 e. The zero-order valence-corrected chi connectivity index (χ0v) is 6.99. The Morgan fingerprint density at radius 2 is 2.00 bits per heavy atom. The first-order valence-corrected chi connectivity index (χ1v) is 4.09. The van der Waals surface area contributed by atoms with Crippen LogP contribution in [-0.2, 0) is 9.53 Å². The molecule has 0 saturated carbocycles. The fourth-order valence-electron chi connectivity index (χ4n) is 1.38. The number of carbonyl (C=O) groups is 1. The van der Waals surface area contributed by atoms with Gasteiger partial charge in [0.1, 0.15) is 0 Å². The fourth-order valence-corrected chi connectivity index (χ4v) is 1.38. The largest absolute Gasteiger partial charge is 0.465 e. The Morgan fingerprint density at radius 1 is 1.31 bits per heavy atom. The van der Waals surface area contributed by atoms with E-state index in [9.17, 15) is 4.79 Å². The van der Waals surface area contributed by atoms with Gasteiger partial charge < -0.3 is 4.74 Å². The summed E-state index contributed by atoms with van der Waals surface area (Å²) in [7, 11) is 0. The molecule has 3 nitrogen and oxygen atoms in total. The molecule has 2 rings (SSSR count). The van der Waals surface area contributed by atoms with Crippen LogP contribution in [0.4, 0.5) is 0 Å². The number of hydrogen-bond acceptors (Lipinski definition) is 3. The molecule has 1 unspecified atom stereocenters. The van der Waals surface area contributed by atoms with Crippen molar-refractivity contribution in [3.63, 3.8) is 0 Å². The minimum atomic E-state index is -0.548. The monoisotopic (exact) mass is 175 g/mol. The molecule has 1 aromatic carbocycles. The summed E-state index contributed by atoms with van der Waals surface area (Å²) in [6, 6.07) is 9.26. The summed E-state index contributed by atoms with van der Waals surface area (Å²) in [6.45, 7) is 0. The Labute approximate surface area is 75.8 Å². The predicted octanol–water partition coefficient (Wildman–Crippen LogP) is 1.69. The second-order valence-corrected chi connectivity index (χ2v) is 2.97. The quantitative estimate of drug-likeness (QED) is 0.706. The summed E-state index contributed by atoms with van der Waals surface area (Å²) in [5, 5.41) is 7.22.